The van der Waals surface area contributed by atoms with Crippen molar-refractivity contribution in [1.29, 1.82) is 5.26 Å². The van der Waals surface area contributed by atoms with E-state index < -0.39 is 10.8 Å². The van der Waals surface area contributed by atoms with Crippen molar-refractivity contribution in [2.45, 2.75) is 32.3 Å². The van der Waals surface area contributed by atoms with Gasteiger partial charge in [0.25, 0.3) is 5.91 Å². The van der Waals surface area contributed by atoms with Crippen molar-refractivity contribution < 1.29 is 18.9 Å². The first-order chi connectivity index (χ1) is 14.6. The van der Waals surface area contributed by atoms with E-state index >= 15 is 0 Å². The monoisotopic (exact) mass is 423 g/mol. The number of ether oxygens (including phenoxy) is 1. The van der Waals surface area contributed by atoms with Gasteiger partial charge in [-0.3, -0.25) is 14.9 Å². The topological polar surface area (TPSA) is 118 Å². The third kappa shape index (κ3) is 3.90. The van der Waals surface area contributed by atoms with Crippen LogP contribution in [-0.2, 0) is 19.4 Å². The molecule has 1 aliphatic rings. The fraction of sp³-hybridized carbons (Fsp3) is 0.238. The van der Waals surface area contributed by atoms with Crippen molar-refractivity contribution in [3.05, 3.63) is 74.0 Å². The molecular weight excluding hydrogens is 406 g/mol. The number of carbonyl (C=O) groups is 1. The molecule has 1 aliphatic carbocycles. The molecule has 0 spiro atoms. The second kappa shape index (κ2) is 8.39. The number of thiophene rings is 1. The Morgan fingerprint density at radius 2 is 2.07 bits per heavy atom. The van der Waals surface area contributed by atoms with Crippen molar-refractivity contribution in [2.24, 2.45) is 0 Å². The highest BCUT2D eigenvalue weighted by atomic mass is 32.1. The van der Waals surface area contributed by atoms with Gasteiger partial charge in [-0.25, -0.2) is 0 Å². The molecule has 30 heavy (non-hydrogen) atoms. The molecule has 0 aliphatic heterocycles. The number of fused-ring (bicyclic) bond motifs is 1. The molecule has 2 aromatic heterocycles. The molecule has 0 fully saturated rings. The number of benzene rings is 1. The number of rotatable bonds is 6. The number of hydrogen-bond donors (Lipinski definition) is 1. The minimum atomic E-state index is -0.524. The highest BCUT2D eigenvalue weighted by Crippen LogP contribution is 2.37. The Bertz CT molecular complexity index is 1160. The highest BCUT2D eigenvalue weighted by Gasteiger charge is 2.23. The van der Waals surface area contributed by atoms with Gasteiger partial charge >= 0.3 is 5.69 Å². The van der Waals surface area contributed by atoms with E-state index in [2.05, 4.69) is 11.4 Å². The molecule has 9 heteroatoms. The predicted octanol–water partition coefficient (Wildman–Crippen LogP) is 4.83. The molecule has 0 unspecified atom stereocenters. The summed E-state index contributed by atoms with van der Waals surface area (Å²) in [7, 11) is 0. The molecular formula is C21H17N3O5S. The first-order valence-corrected chi connectivity index (χ1v) is 10.2. The quantitative estimate of drug-likeness (QED) is 0.448. The van der Waals surface area contributed by atoms with Gasteiger partial charge in [-0.15, -0.1) is 11.3 Å². The number of carbonyl (C=O) groups excluding carboxylic acids is 1. The van der Waals surface area contributed by atoms with Crippen LogP contribution in [-0.4, -0.2) is 10.8 Å². The molecule has 0 atom stereocenters. The van der Waals surface area contributed by atoms with Crippen LogP contribution in [0.2, 0.25) is 0 Å². The maximum atomic E-state index is 12.6. The van der Waals surface area contributed by atoms with E-state index in [-0.39, 0.29) is 23.8 Å². The number of nitrogens with zero attached hydrogens (tertiary/aromatic N) is 2. The summed E-state index contributed by atoms with van der Waals surface area (Å²) in [5, 5.41) is 23.9. The van der Waals surface area contributed by atoms with Crippen molar-refractivity contribution in [3.8, 4) is 11.8 Å². The summed E-state index contributed by atoms with van der Waals surface area (Å²) in [4.78, 5) is 24.3. The Morgan fingerprint density at radius 3 is 2.87 bits per heavy atom. The average Bonchev–Trinajstić information content (AvgIpc) is 3.36. The number of nitrogens with one attached hydrogen (secondary N) is 1. The number of nitriles is 1. The number of nitro benzene ring substituents is 1. The van der Waals surface area contributed by atoms with Gasteiger partial charge in [0, 0.05) is 10.9 Å². The zero-order valence-corrected chi connectivity index (χ0v) is 16.7. The lowest BCUT2D eigenvalue weighted by molar-refractivity contribution is -0.386. The van der Waals surface area contributed by atoms with Crippen LogP contribution in [0, 0.1) is 21.4 Å². The molecule has 0 saturated heterocycles. The highest BCUT2D eigenvalue weighted by molar-refractivity contribution is 7.16. The average molecular weight is 423 g/mol. The van der Waals surface area contributed by atoms with Crippen molar-refractivity contribution in [3.63, 3.8) is 0 Å². The molecule has 2 heterocycles. The van der Waals surface area contributed by atoms with Crippen LogP contribution < -0.4 is 10.1 Å². The van der Waals surface area contributed by atoms with E-state index in [0.29, 0.717) is 16.3 Å². The third-order valence-electron chi connectivity index (χ3n) is 4.83. The molecule has 8 nitrogen and oxygen atoms in total. The van der Waals surface area contributed by atoms with Crippen LogP contribution in [0.15, 0.2) is 40.8 Å². The fourth-order valence-electron chi connectivity index (χ4n) is 3.39. The van der Waals surface area contributed by atoms with Crippen LogP contribution in [0.1, 0.15) is 45.2 Å². The number of furan rings is 1. The number of hydrogen-bond acceptors (Lipinski definition) is 7. The van der Waals surface area contributed by atoms with Crippen molar-refractivity contribution in [2.75, 3.05) is 5.32 Å². The van der Waals surface area contributed by atoms with E-state index in [1.165, 1.54) is 29.5 Å². The van der Waals surface area contributed by atoms with Gasteiger partial charge in [-0.05, 0) is 49.4 Å². The second-order valence-corrected chi connectivity index (χ2v) is 7.87. The van der Waals surface area contributed by atoms with Gasteiger partial charge < -0.3 is 14.5 Å². The SMILES string of the molecule is N#Cc1c(NC(=O)c2ccc(COc3ccccc3[N+](=O)[O-])o2)sc2c1CCCC2. The maximum Gasteiger partial charge on any atom is 0.310 e. The summed E-state index contributed by atoms with van der Waals surface area (Å²) >= 11 is 1.44. The number of aryl methyl sites for hydroxylation is 1. The molecule has 3 aromatic rings. The molecule has 152 valence electrons. The Morgan fingerprint density at radius 1 is 1.27 bits per heavy atom. The summed E-state index contributed by atoms with van der Waals surface area (Å²) in [6.07, 6.45) is 3.93. The van der Waals surface area contributed by atoms with Gasteiger partial charge in [0.15, 0.2) is 11.5 Å². The zero-order chi connectivity index (χ0) is 21.1. The third-order valence-corrected chi connectivity index (χ3v) is 6.03. The molecule has 1 N–H and O–H groups in total. The van der Waals surface area contributed by atoms with E-state index in [9.17, 15) is 20.2 Å². The second-order valence-electron chi connectivity index (χ2n) is 6.76. The van der Waals surface area contributed by atoms with Gasteiger partial charge in [-0.1, -0.05) is 12.1 Å². The van der Waals surface area contributed by atoms with Gasteiger partial charge in [0.2, 0.25) is 0 Å². The Hall–Kier alpha value is -3.64. The summed E-state index contributed by atoms with van der Waals surface area (Å²) in [6.45, 7) is -0.0606. The standard InChI is InChI=1S/C21H17N3O5S/c22-11-15-14-5-1-4-8-19(14)30-21(15)23-20(25)18-10-9-13(29-18)12-28-17-7-3-2-6-16(17)24(26)27/h2-3,6-7,9-10H,1,4-5,8,12H2,(H,23,25). The lowest BCUT2D eigenvalue weighted by Crippen LogP contribution is -2.11. The minimum absolute atomic E-state index is 0.0606. The largest absolute Gasteiger partial charge is 0.479 e. The van der Waals surface area contributed by atoms with E-state index in [0.717, 1.165) is 36.1 Å². The smallest absolute Gasteiger partial charge is 0.310 e. The van der Waals surface area contributed by atoms with Crippen molar-refractivity contribution in [1.82, 2.24) is 0 Å². The molecule has 0 saturated carbocycles. The molecule has 1 aromatic carbocycles. The summed E-state index contributed by atoms with van der Waals surface area (Å²) in [5.41, 5.74) is 1.43. The molecule has 0 radical (unpaired) electrons. The van der Waals surface area contributed by atoms with Gasteiger partial charge in [0.05, 0.1) is 10.5 Å². The Balaban J connectivity index is 1.45. The first-order valence-electron chi connectivity index (χ1n) is 9.37. The van der Waals surface area contributed by atoms with Crippen LogP contribution in [0.3, 0.4) is 0 Å². The van der Waals surface area contributed by atoms with E-state index in [1.807, 2.05) is 0 Å². The van der Waals surface area contributed by atoms with Gasteiger partial charge in [0.1, 0.15) is 23.4 Å². The Kier molecular flexibility index (Phi) is 5.50. The summed E-state index contributed by atoms with van der Waals surface area (Å²) in [6, 6.07) is 11.3. The summed E-state index contributed by atoms with van der Waals surface area (Å²) in [5.74, 6) is 0.0884. The maximum absolute atomic E-state index is 12.6. The number of nitro groups is 1. The van der Waals surface area contributed by atoms with Gasteiger partial charge in [-0.2, -0.15) is 5.26 Å². The fourth-order valence-corrected chi connectivity index (χ4v) is 4.63. The van der Waals surface area contributed by atoms with Crippen molar-refractivity contribution >= 4 is 27.9 Å². The van der Waals surface area contributed by atoms with Crippen LogP contribution in [0.25, 0.3) is 0 Å². The Labute approximate surface area is 175 Å². The number of anilines is 1. The van der Waals surface area contributed by atoms with E-state index in [4.69, 9.17) is 9.15 Å². The molecule has 4 rings (SSSR count). The van der Waals surface area contributed by atoms with E-state index in [1.54, 1.807) is 18.2 Å². The lowest BCUT2D eigenvalue weighted by atomic mass is 9.96. The van der Waals surface area contributed by atoms with Crippen LogP contribution >= 0.6 is 11.3 Å². The minimum Gasteiger partial charge on any atom is -0.479 e. The van der Waals surface area contributed by atoms with Crippen LogP contribution in [0.4, 0.5) is 10.7 Å². The number of amides is 1. The first kappa shape index (κ1) is 19.7. The predicted molar refractivity (Wildman–Crippen MR) is 110 cm³/mol. The summed E-state index contributed by atoms with van der Waals surface area (Å²) < 4.78 is 11.0. The zero-order valence-electron chi connectivity index (χ0n) is 15.8. The number of para-hydroxylation sites is 2. The molecule has 1 amide bonds. The normalized spacial score (nSPS) is 12.6. The molecule has 0 bridgehead atoms. The lowest BCUT2D eigenvalue weighted by Gasteiger charge is -2.09. The van der Waals surface area contributed by atoms with Crippen LogP contribution in [0.5, 0.6) is 5.75 Å².